The van der Waals surface area contributed by atoms with Gasteiger partial charge in [0.2, 0.25) is 0 Å². The minimum atomic E-state index is -0.0906. The average molecular weight is 245 g/mol. The molecule has 0 aliphatic rings. The van der Waals surface area contributed by atoms with E-state index in [2.05, 4.69) is 12.2 Å². The SMILES string of the molecule is CCOC(=O)CCCCCNC(CC)CCO. The summed E-state index contributed by atoms with van der Waals surface area (Å²) in [5.74, 6) is -0.0906. The van der Waals surface area contributed by atoms with Gasteiger partial charge in [0.1, 0.15) is 0 Å². The fourth-order valence-corrected chi connectivity index (χ4v) is 1.72. The molecule has 0 rings (SSSR count). The largest absolute Gasteiger partial charge is 0.466 e. The predicted molar refractivity (Wildman–Crippen MR) is 68.9 cm³/mol. The van der Waals surface area contributed by atoms with Gasteiger partial charge < -0.3 is 15.2 Å². The summed E-state index contributed by atoms with van der Waals surface area (Å²) in [6, 6.07) is 0.421. The maximum atomic E-state index is 11.0. The lowest BCUT2D eigenvalue weighted by molar-refractivity contribution is -0.143. The van der Waals surface area contributed by atoms with Crippen LogP contribution in [0.25, 0.3) is 0 Å². The summed E-state index contributed by atoms with van der Waals surface area (Å²) in [6.45, 7) is 5.62. The normalized spacial score (nSPS) is 12.4. The fourth-order valence-electron chi connectivity index (χ4n) is 1.72. The van der Waals surface area contributed by atoms with Crippen molar-refractivity contribution in [2.75, 3.05) is 19.8 Å². The zero-order chi connectivity index (χ0) is 12.9. The third kappa shape index (κ3) is 10.3. The monoisotopic (exact) mass is 245 g/mol. The van der Waals surface area contributed by atoms with E-state index in [0.29, 0.717) is 19.1 Å². The van der Waals surface area contributed by atoms with Crippen LogP contribution in [0.2, 0.25) is 0 Å². The maximum absolute atomic E-state index is 11.0. The molecule has 0 radical (unpaired) electrons. The summed E-state index contributed by atoms with van der Waals surface area (Å²) >= 11 is 0. The van der Waals surface area contributed by atoms with Crippen LogP contribution in [0.3, 0.4) is 0 Å². The first-order chi connectivity index (χ1) is 8.24. The maximum Gasteiger partial charge on any atom is 0.305 e. The van der Waals surface area contributed by atoms with Crippen LogP contribution in [0.5, 0.6) is 0 Å². The molecule has 102 valence electrons. The Morgan fingerprint density at radius 2 is 2.06 bits per heavy atom. The smallest absolute Gasteiger partial charge is 0.305 e. The number of hydrogen-bond acceptors (Lipinski definition) is 4. The average Bonchev–Trinajstić information content (AvgIpc) is 2.32. The Balaban J connectivity index is 3.30. The Morgan fingerprint density at radius 1 is 1.29 bits per heavy atom. The lowest BCUT2D eigenvalue weighted by atomic mass is 10.1. The standard InChI is InChI=1S/C13H27NO3/c1-3-12(9-11-15)14-10-7-5-6-8-13(16)17-4-2/h12,14-15H,3-11H2,1-2H3. The van der Waals surface area contributed by atoms with E-state index in [1.807, 2.05) is 6.92 Å². The number of rotatable bonds is 11. The summed E-state index contributed by atoms with van der Waals surface area (Å²) in [5, 5.41) is 12.2. The molecule has 1 atom stereocenters. The van der Waals surface area contributed by atoms with Gasteiger partial charge in [0.25, 0.3) is 0 Å². The van der Waals surface area contributed by atoms with Crippen molar-refractivity contribution < 1.29 is 14.6 Å². The van der Waals surface area contributed by atoms with E-state index in [0.717, 1.165) is 38.6 Å². The number of aliphatic hydroxyl groups excluding tert-OH is 1. The van der Waals surface area contributed by atoms with Gasteiger partial charge in [0.05, 0.1) is 6.61 Å². The third-order valence-electron chi connectivity index (χ3n) is 2.77. The van der Waals surface area contributed by atoms with E-state index in [-0.39, 0.29) is 12.6 Å². The first kappa shape index (κ1) is 16.4. The first-order valence-electron chi connectivity index (χ1n) is 6.74. The zero-order valence-electron chi connectivity index (χ0n) is 11.2. The van der Waals surface area contributed by atoms with Gasteiger partial charge >= 0.3 is 5.97 Å². The minimum absolute atomic E-state index is 0.0906. The molecule has 0 heterocycles. The van der Waals surface area contributed by atoms with E-state index >= 15 is 0 Å². The van der Waals surface area contributed by atoms with Crippen LogP contribution in [0.1, 0.15) is 52.4 Å². The van der Waals surface area contributed by atoms with Crippen molar-refractivity contribution in [3.63, 3.8) is 0 Å². The lowest BCUT2D eigenvalue weighted by Gasteiger charge is -2.15. The second kappa shape index (κ2) is 11.9. The van der Waals surface area contributed by atoms with Crippen LogP contribution in [-0.4, -0.2) is 36.9 Å². The highest BCUT2D eigenvalue weighted by Gasteiger charge is 2.04. The van der Waals surface area contributed by atoms with Crippen LogP contribution in [-0.2, 0) is 9.53 Å². The summed E-state index contributed by atoms with van der Waals surface area (Å²) in [6.07, 6.45) is 5.41. The number of carbonyl (C=O) groups is 1. The van der Waals surface area contributed by atoms with Crippen molar-refractivity contribution in [2.24, 2.45) is 0 Å². The highest BCUT2D eigenvalue weighted by Crippen LogP contribution is 2.02. The molecule has 4 nitrogen and oxygen atoms in total. The summed E-state index contributed by atoms with van der Waals surface area (Å²) < 4.78 is 4.85. The third-order valence-corrected chi connectivity index (χ3v) is 2.77. The van der Waals surface area contributed by atoms with E-state index in [9.17, 15) is 4.79 Å². The number of esters is 1. The molecule has 0 saturated carbocycles. The van der Waals surface area contributed by atoms with Gasteiger partial charge in [-0.1, -0.05) is 13.3 Å². The van der Waals surface area contributed by atoms with E-state index in [4.69, 9.17) is 9.84 Å². The Labute approximate surface area is 105 Å². The zero-order valence-corrected chi connectivity index (χ0v) is 11.2. The number of unbranched alkanes of at least 4 members (excludes halogenated alkanes) is 2. The lowest BCUT2D eigenvalue weighted by Crippen LogP contribution is -2.30. The van der Waals surface area contributed by atoms with Gasteiger partial charge in [-0.3, -0.25) is 4.79 Å². The van der Waals surface area contributed by atoms with Crippen LogP contribution >= 0.6 is 0 Å². The molecule has 0 aromatic rings. The van der Waals surface area contributed by atoms with Gasteiger partial charge in [-0.2, -0.15) is 0 Å². The topological polar surface area (TPSA) is 58.6 Å². The second-order valence-electron chi connectivity index (χ2n) is 4.19. The minimum Gasteiger partial charge on any atom is -0.466 e. The van der Waals surface area contributed by atoms with Crippen molar-refractivity contribution >= 4 is 5.97 Å². The van der Waals surface area contributed by atoms with E-state index < -0.39 is 0 Å². The molecule has 0 aliphatic carbocycles. The van der Waals surface area contributed by atoms with Crippen LogP contribution in [0, 0.1) is 0 Å². The summed E-state index contributed by atoms with van der Waals surface area (Å²) in [4.78, 5) is 11.0. The van der Waals surface area contributed by atoms with Gasteiger partial charge in [0, 0.05) is 19.1 Å². The van der Waals surface area contributed by atoms with Crippen LogP contribution in [0.15, 0.2) is 0 Å². The Morgan fingerprint density at radius 3 is 2.65 bits per heavy atom. The van der Waals surface area contributed by atoms with Gasteiger partial charge in [-0.15, -0.1) is 0 Å². The molecule has 0 amide bonds. The molecule has 0 aromatic carbocycles. The number of nitrogens with one attached hydrogen (secondary N) is 1. The van der Waals surface area contributed by atoms with E-state index in [1.165, 1.54) is 0 Å². The molecule has 0 saturated heterocycles. The molecule has 4 heteroatoms. The number of carbonyl (C=O) groups excluding carboxylic acids is 1. The van der Waals surface area contributed by atoms with Crippen LogP contribution < -0.4 is 5.32 Å². The van der Waals surface area contributed by atoms with Crippen molar-refractivity contribution in [2.45, 2.75) is 58.4 Å². The molecule has 0 aromatic heterocycles. The molecule has 0 fully saturated rings. The summed E-state index contributed by atoms with van der Waals surface area (Å²) in [5.41, 5.74) is 0. The molecule has 1 unspecified atom stereocenters. The molecular weight excluding hydrogens is 218 g/mol. The highest BCUT2D eigenvalue weighted by molar-refractivity contribution is 5.69. The predicted octanol–water partition coefficient (Wildman–Crippen LogP) is 1.86. The molecule has 0 aliphatic heterocycles. The Kier molecular flexibility index (Phi) is 11.4. The Bertz CT molecular complexity index is 186. The number of hydrogen-bond donors (Lipinski definition) is 2. The second-order valence-corrected chi connectivity index (χ2v) is 4.19. The number of ether oxygens (including phenoxy) is 1. The highest BCUT2D eigenvalue weighted by atomic mass is 16.5. The van der Waals surface area contributed by atoms with Crippen LogP contribution in [0.4, 0.5) is 0 Å². The fraction of sp³-hybridized carbons (Fsp3) is 0.923. The van der Waals surface area contributed by atoms with Crippen molar-refractivity contribution in [3.05, 3.63) is 0 Å². The Hall–Kier alpha value is -0.610. The van der Waals surface area contributed by atoms with Crippen molar-refractivity contribution in [1.29, 1.82) is 0 Å². The van der Waals surface area contributed by atoms with Crippen molar-refractivity contribution in [3.8, 4) is 0 Å². The van der Waals surface area contributed by atoms with Gasteiger partial charge in [-0.25, -0.2) is 0 Å². The van der Waals surface area contributed by atoms with Gasteiger partial charge in [0.15, 0.2) is 0 Å². The molecule has 17 heavy (non-hydrogen) atoms. The van der Waals surface area contributed by atoms with Crippen molar-refractivity contribution in [1.82, 2.24) is 5.32 Å². The molecule has 2 N–H and O–H groups in total. The molecular formula is C13H27NO3. The quantitative estimate of drug-likeness (QED) is 0.431. The summed E-state index contributed by atoms with van der Waals surface area (Å²) in [7, 11) is 0. The first-order valence-corrected chi connectivity index (χ1v) is 6.74. The molecule has 0 spiro atoms. The van der Waals surface area contributed by atoms with E-state index in [1.54, 1.807) is 0 Å². The number of aliphatic hydroxyl groups is 1. The molecule has 0 bridgehead atoms. The van der Waals surface area contributed by atoms with Gasteiger partial charge in [-0.05, 0) is 39.2 Å².